The van der Waals surface area contributed by atoms with Gasteiger partial charge in [-0.25, -0.2) is 4.79 Å². The molecule has 6 heteroatoms. The normalized spacial score (nSPS) is 23.0. The van der Waals surface area contributed by atoms with E-state index in [4.69, 9.17) is 0 Å². The second-order valence-corrected chi connectivity index (χ2v) is 7.63. The lowest BCUT2D eigenvalue weighted by Crippen LogP contribution is -2.53. The lowest BCUT2D eigenvalue weighted by atomic mass is 10.0. The Morgan fingerprint density at radius 3 is 2.33 bits per heavy atom. The van der Waals surface area contributed by atoms with E-state index in [1.807, 2.05) is 0 Å². The van der Waals surface area contributed by atoms with E-state index in [0.717, 1.165) is 65.2 Å². The highest BCUT2D eigenvalue weighted by Crippen LogP contribution is 2.11. The minimum atomic E-state index is -0.0185. The van der Waals surface area contributed by atoms with Gasteiger partial charge in [0.2, 0.25) is 0 Å². The molecule has 2 aliphatic heterocycles. The average Bonchev–Trinajstić information content (AvgIpc) is 2.51. The maximum absolute atomic E-state index is 12.2. The van der Waals surface area contributed by atoms with Gasteiger partial charge in [0.15, 0.2) is 0 Å². The first-order chi connectivity index (χ1) is 11.4. The van der Waals surface area contributed by atoms with Crippen molar-refractivity contribution in [3.05, 3.63) is 12.2 Å². The van der Waals surface area contributed by atoms with Gasteiger partial charge < -0.3 is 15.5 Å². The SMILES string of the molecule is C=C(C)CN1CCC(NC(=O)N[C@H](C)CN2CCN(C)CC2)CC1. The van der Waals surface area contributed by atoms with Gasteiger partial charge in [-0.1, -0.05) is 12.2 Å². The number of carbonyl (C=O) groups excluding carboxylic acids is 1. The summed E-state index contributed by atoms with van der Waals surface area (Å²) in [5.74, 6) is 0. The highest BCUT2D eigenvalue weighted by atomic mass is 16.2. The molecule has 2 aliphatic rings. The fraction of sp³-hybridized carbons (Fsp3) is 0.833. The Bertz CT molecular complexity index is 412. The summed E-state index contributed by atoms with van der Waals surface area (Å²) >= 11 is 0. The molecule has 0 unspecified atom stereocenters. The summed E-state index contributed by atoms with van der Waals surface area (Å²) < 4.78 is 0. The van der Waals surface area contributed by atoms with Crippen LogP contribution in [0.4, 0.5) is 4.79 Å². The van der Waals surface area contributed by atoms with Crippen LogP contribution in [0.5, 0.6) is 0 Å². The van der Waals surface area contributed by atoms with Gasteiger partial charge in [-0.3, -0.25) is 9.80 Å². The first-order valence-electron chi connectivity index (χ1n) is 9.27. The molecule has 2 saturated heterocycles. The summed E-state index contributed by atoms with van der Waals surface area (Å²) in [5.41, 5.74) is 1.21. The zero-order valence-corrected chi connectivity index (χ0v) is 15.7. The number of nitrogens with zero attached hydrogens (tertiary/aromatic N) is 3. The van der Waals surface area contributed by atoms with Crippen molar-refractivity contribution in [1.82, 2.24) is 25.3 Å². The van der Waals surface area contributed by atoms with Crippen molar-refractivity contribution in [2.45, 2.75) is 38.8 Å². The fourth-order valence-electron chi connectivity index (χ4n) is 3.53. The molecule has 2 heterocycles. The number of carbonyl (C=O) groups is 1. The molecule has 2 amide bonds. The number of rotatable bonds is 6. The second kappa shape index (κ2) is 9.39. The Hall–Kier alpha value is -1.11. The molecule has 138 valence electrons. The predicted octanol–water partition coefficient (Wildman–Crippen LogP) is 0.962. The van der Waals surface area contributed by atoms with Crippen molar-refractivity contribution in [1.29, 1.82) is 0 Å². The topological polar surface area (TPSA) is 50.9 Å². The molecule has 0 bridgehead atoms. The van der Waals surface area contributed by atoms with Crippen molar-refractivity contribution in [3.8, 4) is 0 Å². The second-order valence-electron chi connectivity index (χ2n) is 7.63. The molecule has 0 radical (unpaired) electrons. The van der Waals surface area contributed by atoms with Crippen LogP contribution in [0.3, 0.4) is 0 Å². The third kappa shape index (κ3) is 6.79. The Morgan fingerprint density at radius 1 is 1.12 bits per heavy atom. The van der Waals surface area contributed by atoms with Crippen molar-refractivity contribution < 1.29 is 4.79 Å². The van der Waals surface area contributed by atoms with E-state index < -0.39 is 0 Å². The molecule has 0 aromatic rings. The first-order valence-corrected chi connectivity index (χ1v) is 9.27. The van der Waals surface area contributed by atoms with E-state index >= 15 is 0 Å². The number of likely N-dealkylation sites (tertiary alicyclic amines) is 1. The molecule has 1 atom stereocenters. The standard InChI is InChI=1S/C18H35N5O/c1-15(2)13-22-7-5-17(6-8-22)20-18(24)19-16(3)14-23-11-9-21(4)10-12-23/h16-17H,1,5-14H2,2-4H3,(H2,19,20,24)/t16-/m1/s1. The molecule has 0 aromatic carbocycles. The van der Waals surface area contributed by atoms with E-state index in [1.165, 1.54) is 5.57 Å². The highest BCUT2D eigenvalue weighted by molar-refractivity contribution is 5.74. The highest BCUT2D eigenvalue weighted by Gasteiger charge is 2.22. The third-order valence-corrected chi connectivity index (χ3v) is 4.92. The molecule has 0 spiro atoms. The number of hydrogen-bond donors (Lipinski definition) is 2. The zero-order chi connectivity index (χ0) is 17.5. The lowest BCUT2D eigenvalue weighted by molar-refractivity contribution is 0.144. The van der Waals surface area contributed by atoms with Crippen LogP contribution in [0.15, 0.2) is 12.2 Å². The number of likely N-dealkylation sites (N-methyl/N-ethyl adjacent to an activating group) is 1. The third-order valence-electron chi connectivity index (χ3n) is 4.92. The van der Waals surface area contributed by atoms with E-state index in [9.17, 15) is 4.79 Å². The summed E-state index contributed by atoms with van der Waals surface area (Å²) in [6, 6.07) is 0.453. The average molecular weight is 338 g/mol. The summed E-state index contributed by atoms with van der Waals surface area (Å²) in [7, 11) is 2.16. The van der Waals surface area contributed by atoms with Crippen LogP contribution in [-0.4, -0.2) is 92.2 Å². The smallest absolute Gasteiger partial charge is 0.315 e. The van der Waals surface area contributed by atoms with Crippen molar-refractivity contribution >= 4 is 6.03 Å². The van der Waals surface area contributed by atoms with E-state index in [2.05, 4.69) is 52.8 Å². The Labute approximate surface area is 147 Å². The number of nitrogens with one attached hydrogen (secondary N) is 2. The number of urea groups is 1. The summed E-state index contributed by atoms with van der Waals surface area (Å²) in [5, 5.41) is 6.24. The Kier molecular flexibility index (Phi) is 7.52. The summed E-state index contributed by atoms with van der Waals surface area (Å²) in [6.45, 7) is 16.5. The minimum Gasteiger partial charge on any atom is -0.335 e. The number of hydrogen-bond acceptors (Lipinski definition) is 4. The quantitative estimate of drug-likeness (QED) is 0.709. The number of piperazine rings is 1. The van der Waals surface area contributed by atoms with Gasteiger partial charge >= 0.3 is 6.03 Å². The number of amides is 2. The van der Waals surface area contributed by atoms with Crippen LogP contribution in [0.1, 0.15) is 26.7 Å². The first kappa shape index (κ1) is 19.2. The van der Waals surface area contributed by atoms with Gasteiger partial charge in [-0.05, 0) is 33.7 Å². The molecule has 6 nitrogen and oxygen atoms in total. The van der Waals surface area contributed by atoms with Gasteiger partial charge in [-0.2, -0.15) is 0 Å². The fourth-order valence-corrected chi connectivity index (χ4v) is 3.53. The van der Waals surface area contributed by atoms with Crippen molar-refractivity contribution in [2.75, 3.05) is 59.4 Å². The van der Waals surface area contributed by atoms with Gasteiger partial charge in [0.1, 0.15) is 0 Å². The monoisotopic (exact) mass is 337 g/mol. The van der Waals surface area contributed by atoms with E-state index in [-0.39, 0.29) is 12.1 Å². The largest absolute Gasteiger partial charge is 0.335 e. The van der Waals surface area contributed by atoms with Crippen LogP contribution in [-0.2, 0) is 0 Å². The minimum absolute atomic E-state index is 0.0185. The molecule has 2 fully saturated rings. The maximum Gasteiger partial charge on any atom is 0.315 e. The Balaban J connectivity index is 1.61. The maximum atomic E-state index is 12.2. The summed E-state index contributed by atoms with van der Waals surface area (Å²) in [4.78, 5) is 19.4. The van der Waals surface area contributed by atoms with Crippen molar-refractivity contribution in [2.24, 2.45) is 0 Å². The molecule has 0 saturated carbocycles. The van der Waals surface area contributed by atoms with Crippen LogP contribution in [0.25, 0.3) is 0 Å². The summed E-state index contributed by atoms with van der Waals surface area (Å²) in [6.07, 6.45) is 2.04. The van der Waals surface area contributed by atoms with Gasteiger partial charge in [0.25, 0.3) is 0 Å². The number of piperidine rings is 1. The van der Waals surface area contributed by atoms with Gasteiger partial charge in [-0.15, -0.1) is 0 Å². The molecular weight excluding hydrogens is 302 g/mol. The van der Waals surface area contributed by atoms with Crippen LogP contribution in [0.2, 0.25) is 0 Å². The molecule has 0 aliphatic carbocycles. The van der Waals surface area contributed by atoms with Crippen LogP contribution >= 0.6 is 0 Å². The molecule has 0 aromatic heterocycles. The van der Waals surface area contributed by atoms with Crippen molar-refractivity contribution in [3.63, 3.8) is 0 Å². The predicted molar refractivity (Wildman–Crippen MR) is 99.3 cm³/mol. The zero-order valence-electron chi connectivity index (χ0n) is 15.7. The molecule has 2 N–H and O–H groups in total. The molecule has 24 heavy (non-hydrogen) atoms. The lowest BCUT2D eigenvalue weighted by Gasteiger charge is -2.34. The van der Waals surface area contributed by atoms with Gasteiger partial charge in [0.05, 0.1) is 0 Å². The van der Waals surface area contributed by atoms with Crippen LogP contribution in [0, 0.1) is 0 Å². The van der Waals surface area contributed by atoms with E-state index in [0.29, 0.717) is 6.04 Å². The van der Waals surface area contributed by atoms with Crippen LogP contribution < -0.4 is 10.6 Å². The Morgan fingerprint density at radius 2 is 1.75 bits per heavy atom. The molecular formula is C18H35N5O. The van der Waals surface area contributed by atoms with Gasteiger partial charge in [0, 0.05) is 64.4 Å². The molecule has 2 rings (SSSR count). The van der Waals surface area contributed by atoms with E-state index in [1.54, 1.807) is 0 Å².